The van der Waals surface area contributed by atoms with Gasteiger partial charge in [0.2, 0.25) is 0 Å². The molecule has 0 aliphatic carbocycles. The number of benzene rings is 3. The number of amides is 2. The third-order valence-electron chi connectivity index (χ3n) is 3.88. The van der Waals surface area contributed by atoms with Crippen LogP contribution in [0.5, 0.6) is 0 Å². The molecule has 0 spiro atoms. The maximum Gasteiger partial charge on any atom is 0.255 e. The molecule has 2 N–H and O–H groups in total. The average Bonchev–Trinajstić information content (AvgIpc) is 2.65. The molecule has 0 saturated heterocycles. The Balaban J connectivity index is 1.67. The van der Waals surface area contributed by atoms with Crippen LogP contribution in [0.2, 0.25) is 0 Å². The van der Waals surface area contributed by atoms with Gasteiger partial charge in [0.1, 0.15) is 0 Å². The molecule has 0 heterocycles. The largest absolute Gasteiger partial charge is 0.322 e. The highest BCUT2D eigenvalue weighted by molar-refractivity contribution is 9.10. The minimum absolute atomic E-state index is 0.187. The number of hydrogen-bond acceptors (Lipinski definition) is 2. The number of anilines is 2. The van der Waals surface area contributed by atoms with Crippen molar-refractivity contribution in [1.82, 2.24) is 0 Å². The predicted octanol–water partition coefficient (Wildman–Crippen LogP) is 5.26. The molecule has 3 aromatic rings. The van der Waals surface area contributed by atoms with Gasteiger partial charge >= 0.3 is 0 Å². The summed E-state index contributed by atoms with van der Waals surface area (Å²) in [6, 6.07) is 21.4. The number of halogens is 1. The zero-order chi connectivity index (χ0) is 18.5. The number of aryl methyl sites for hydroxylation is 1. The highest BCUT2D eigenvalue weighted by Gasteiger charge is 2.09. The van der Waals surface area contributed by atoms with Gasteiger partial charge < -0.3 is 10.6 Å². The highest BCUT2D eigenvalue weighted by Crippen LogP contribution is 2.21. The van der Waals surface area contributed by atoms with Crippen molar-refractivity contribution in [3.05, 3.63) is 94.0 Å². The van der Waals surface area contributed by atoms with Crippen molar-refractivity contribution in [1.29, 1.82) is 0 Å². The third-order valence-corrected chi connectivity index (χ3v) is 4.37. The molecule has 3 rings (SSSR count). The van der Waals surface area contributed by atoms with Gasteiger partial charge in [0.05, 0.1) is 0 Å². The Hall–Kier alpha value is -2.92. The zero-order valence-corrected chi connectivity index (χ0v) is 15.7. The standard InChI is InChI=1S/C21H17BrN2O2/c1-14-13-17(22)9-12-19(14)24-21(26)16-7-10-18(11-8-16)23-20(25)15-5-3-2-4-6-15/h2-13H,1H3,(H,23,25)(H,24,26). The summed E-state index contributed by atoms with van der Waals surface area (Å²) in [6.45, 7) is 1.93. The minimum Gasteiger partial charge on any atom is -0.322 e. The second kappa shape index (κ2) is 7.97. The van der Waals surface area contributed by atoms with E-state index in [0.29, 0.717) is 16.8 Å². The van der Waals surface area contributed by atoms with Gasteiger partial charge in [0, 0.05) is 27.0 Å². The second-order valence-corrected chi connectivity index (χ2v) is 6.73. The van der Waals surface area contributed by atoms with Gasteiger partial charge in [0.25, 0.3) is 11.8 Å². The normalized spacial score (nSPS) is 10.2. The van der Waals surface area contributed by atoms with Crippen LogP contribution >= 0.6 is 15.9 Å². The van der Waals surface area contributed by atoms with Crippen LogP contribution in [-0.4, -0.2) is 11.8 Å². The molecule has 4 nitrogen and oxygen atoms in total. The van der Waals surface area contributed by atoms with Crippen molar-refractivity contribution in [3.8, 4) is 0 Å². The molecular weight excluding hydrogens is 392 g/mol. The fourth-order valence-corrected chi connectivity index (χ4v) is 2.94. The zero-order valence-electron chi connectivity index (χ0n) is 14.1. The van der Waals surface area contributed by atoms with Crippen molar-refractivity contribution in [2.24, 2.45) is 0 Å². The van der Waals surface area contributed by atoms with Gasteiger partial charge in [0.15, 0.2) is 0 Å². The lowest BCUT2D eigenvalue weighted by Crippen LogP contribution is -2.14. The summed E-state index contributed by atoms with van der Waals surface area (Å²) in [7, 11) is 0. The molecule has 0 saturated carbocycles. The first kappa shape index (κ1) is 17.9. The van der Waals surface area contributed by atoms with E-state index in [2.05, 4.69) is 26.6 Å². The molecule has 130 valence electrons. The first-order valence-corrected chi connectivity index (χ1v) is 8.86. The molecule has 0 fully saturated rings. The van der Waals surface area contributed by atoms with Crippen LogP contribution in [0.25, 0.3) is 0 Å². The topological polar surface area (TPSA) is 58.2 Å². The van der Waals surface area contributed by atoms with E-state index in [1.54, 1.807) is 36.4 Å². The molecule has 0 aliphatic rings. The summed E-state index contributed by atoms with van der Waals surface area (Å²) < 4.78 is 0.964. The second-order valence-electron chi connectivity index (χ2n) is 5.81. The highest BCUT2D eigenvalue weighted by atomic mass is 79.9. The van der Waals surface area contributed by atoms with Crippen LogP contribution in [-0.2, 0) is 0 Å². The lowest BCUT2D eigenvalue weighted by atomic mass is 10.1. The molecule has 0 aromatic heterocycles. The summed E-state index contributed by atoms with van der Waals surface area (Å²) in [5.41, 5.74) is 3.47. The van der Waals surface area contributed by atoms with E-state index >= 15 is 0 Å². The summed E-state index contributed by atoms with van der Waals surface area (Å²) >= 11 is 3.40. The summed E-state index contributed by atoms with van der Waals surface area (Å²) in [5, 5.41) is 5.71. The molecule has 3 aromatic carbocycles. The monoisotopic (exact) mass is 408 g/mol. The number of carbonyl (C=O) groups excluding carboxylic acids is 2. The van der Waals surface area contributed by atoms with E-state index < -0.39 is 0 Å². The van der Waals surface area contributed by atoms with Crippen molar-refractivity contribution in [3.63, 3.8) is 0 Å². The minimum atomic E-state index is -0.198. The maximum absolute atomic E-state index is 12.4. The Bertz CT molecular complexity index is 938. The van der Waals surface area contributed by atoms with Gasteiger partial charge in [-0.25, -0.2) is 0 Å². The first-order valence-electron chi connectivity index (χ1n) is 8.07. The fourth-order valence-electron chi connectivity index (χ4n) is 2.46. The summed E-state index contributed by atoms with van der Waals surface area (Å²) in [4.78, 5) is 24.5. The van der Waals surface area contributed by atoms with Crippen LogP contribution in [0.1, 0.15) is 26.3 Å². The van der Waals surface area contributed by atoms with E-state index in [0.717, 1.165) is 15.7 Å². The van der Waals surface area contributed by atoms with Gasteiger partial charge in [-0.1, -0.05) is 34.1 Å². The van der Waals surface area contributed by atoms with Crippen LogP contribution < -0.4 is 10.6 Å². The summed E-state index contributed by atoms with van der Waals surface area (Å²) in [5.74, 6) is -0.385. The number of rotatable bonds is 4. The molecule has 0 bridgehead atoms. The van der Waals surface area contributed by atoms with Gasteiger partial charge in [-0.2, -0.15) is 0 Å². The Kier molecular flexibility index (Phi) is 5.49. The first-order chi connectivity index (χ1) is 12.5. The number of hydrogen-bond donors (Lipinski definition) is 2. The van der Waals surface area contributed by atoms with Crippen molar-refractivity contribution >= 4 is 39.1 Å². The lowest BCUT2D eigenvalue weighted by molar-refractivity contribution is 0.102. The quantitative estimate of drug-likeness (QED) is 0.618. The SMILES string of the molecule is Cc1cc(Br)ccc1NC(=O)c1ccc(NC(=O)c2ccccc2)cc1. The summed E-state index contributed by atoms with van der Waals surface area (Å²) in [6.07, 6.45) is 0. The number of carbonyl (C=O) groups is 2. The molecule has 0 aliphatic heterocycles. The average molecular weight is 409 g/mol. The van der Waals surface area contributed by atoms with Gasteiger partial charge in [-0.15, -0.1) is 0 Å². The van der Waals surface area contributed by atoms with Gasteiger partial charge in [-0.3, -0.25) is 9.59 Å². The molecule has 2 amide bonds. The Morgan fingerprint density at radius 1 is 0.769 bits per heavy atom. The van der Waals surface area contributed by atoms with Crippen molar-refractivity contribution in [2.45, 2.75) is 6.92 Å². The molecular formula is C21H17BrN2O2. The Morgan fingerprint density at radius 2 is 1.38 bits per heavy atom. The number of nitrogens with one attached hydrogen (secondary N) is 2. The van der Waals surface area contributed by atoms with E-state index in [-0.39, 0.29) is 11.8 Å². The van der Waals surface area contributed by atoms with Crippen LogP contribution in [0.15, 0.2) is 77.3 Å². The third kappa shape index (κ3) is 4.37. The van der Waals surface area contributed by atoms with Gasteiger partial charge in [-0.05, 0) is 67.1 Å². The molecule has 26 heavy (non-hydrogen) atoms. The molecule has 0 unspecified atom stereocenters. The lowest BCUT2D eigenvalue weighted by Gasteiger charge is -2.10. The molecule has 0 radical (unpaired) electrons. The van der Waals surface area contributed by atoms with Crippen LogP contribution in [0.3, 0.4) is 0 Å². The fraction of sp³-hybridized carbons (Fsp3) is 0.0476. The maximum atomic E-state index is 12.4. The van der Waals surface area contributed by atoms with E-state index in [4.69, 9.17) is 0 Å². The van der Waals surface area contributed by atoms with Crippen LogP contribution in [0, 0.1) is 6.92 Å². The van der Waals surface area contributed by atoms with E-state index in [1.165, 1.54) is 0 Å². The predicted molar refractivity (Wildman–Crippen MR) is 108 cm³/mol. The van der Waals surface area contributed by atoms with Crippen molar-refractivity contribution < 1.29 is 9.59 Å². The molecule has 0 atom stereocenters. The Morgan fingerprint density at radius 3 is 2.04 bits per heavy atom. The van der Waals surface area contributed by atoms with E-state index in [1.807, 2.05) is 43.3 Å². The van der Waals surface area contributed by atoms with Crippen LogP contribution in [0.4, 0.5) is 11.4 Å². The molecule has 5 heteroatoms. The van der Waals surface area contributed by atoms with E-state index in [9.17, 15) is 9.59 Å². The Labute approximate surface area is 160 Å². The smallest absolute Gasteiger partial charge is 0.255 e. The van der Waals surface area contributed by atoms with Crippen molar-refractivity contribution in [2.75, 3.05) is 10.6 Å².